The zero-order chi connectivity index (χ0) is 15.4. The predicted molar refractivity (Wildman–Crippen MR) is 89.0 cm³/mol. The molecule has 2 rings (SSSR count). The second-order valence-electron chi connectivity index (χ2n) is 5.09. The van der Waals surface area contributed by atoms with Gasteiger partial charge in [-0.25, -0.2) is 0 Å². The van der Waals surface area contributed by atoms with Gasteiger partial charge in [0.05, 0.1) is 10.6 Å². The first kappa shape index (κ1) is 15.4. The Bertz CT molecular complexity index is 655. The van der Waals surface area contributed by atoms with Crippen molar-refractivity contribution < 1.29 is 4.79 Å². The number of carbonyl (C=O) groups is 1. The number of hydrogen-bond donors (Lipinski definition) is 2. The molecule has 4 heteroatoms. The molecule has 0 radical (unpaired) electrons. The van der Waals surface area contributed by atoms with Crippen molar-refractivity contribution in [2.45, 2.75) is 26.2 Å². The molecule has 0 aliphatic heterocycles. The van der Waals surface area contributed by atoms with E-state index < -0.39 is 0 Å². The zero-order valence-corrected chi connectivity index (χ0v) is 12.9. The van der Waals surface area contributed by atoms with E-state index in [4.69, 9.17) is 17.3 Å². The predicted octanol–water partition coefficient (Wildman–Crippen LogP) is 4.69. The van der Waals surface area contributed by atoms with Crippen LogP contribution in [0.4, 0.5) is 11.4 Å². The average molecular weight is 303 g/mol. The maximum absolute atomic E-state index is 12.4. The molecule has 1 atom stereocenters. The number of hydrogen-bond acceptors (Lipinski definition) is 2. The summed E-state index contributed by atoms with van der Waals surface area (Å²) < 4.78 is 0. The van der Waals surface area contributed by atoms with E-state index in [9.17, 15) is 4.79 Å². The first-order chi connectivity index (χ1) is 10.0. The van der Waals surface area contributed by atoms with Crippen LogP contribution in [-0.4, -0.2) is 5.91 Å². The summed E-state index contributed by atoms with van der Waals surface area (Å²) in [6.45, 7) is 4.26. The molecule has 0 aliphatic rings. The van der Waals surface area contributed by atoms with E-state index in [0.717, 1.165) is 17.7 Å². The standard InChI is InChI=1S/C17H19ClN2O/c1-3-11(2)13-6-4-5-7-16(13)20-17(21)14-10-12(19)8-9-15(14)18/h4-11H,3,19H2,1-2H3,(H,20,21)/t11-/m1/s1. The van der Waals surface area contributed by atoms with Crippen molar-refractivity contribution in [1.82, 2.24) is 0 Å². The third kappa shape index (κ3) is 3.56. The van der Waals surface area contributed by atoms with E-state index in [2.05, 4.69) is 19.2 Å². The fourth-order valence-electron chi connectivity index (χ4n) is 2.17. The van der Waals surface area contributed by atoms with Crippen molar-refractivity contribution in [2.75, 3.05) is 11.1 Å². The minimum absolute atomic E-state index is 0.247. The molecule has 0 saturated carbocycles. The van der Waals surface area contributed by atoms with Gasteiger partial charge in [-0.2, -0.15) is 0 Å². The first-order valence-corrected chi connectivity index (χ1v) is 7.36. The number of nitrogens with one attached hydrogen (secondary N) is 1. The smallest absolute Gasteiger partial charge is 0.257 e. The summed E-state index contributed by atoms with van der Waals surface area (Å²) in [5.41, 5.74) is 8.55. The number of rotatable bonds is 4. The lowest BCUT2D eigenvalue weighted by atomic mass is 9.97. The van der Waals surface area contributed by atoms with Crippen LogP contribution in [-0.2, 0) is 0 Å². The minimum atomic E-state index is -0.247. The Morgan fingerprint density at radius 3 is 2.71 bits per heavy atom. The van der Waals surface area contributed by atoms with Gasteiger partial charge < -0.3 is 11.1 Å². The van der Waals surface area contributed by atoms with E-state index >= 15 is 0 Å². The Kier molecular flexibility index (Phi) is 4.86. The maximum Gasteiger partial charge on any atom is 0.257 e. The molecule has 0 aliphatic carbocycles. The van der Waals surface area contributed by atoms with Crippen molar-refractivity contribution in [3.05, 3.63) is 58.6 Å². The summed E-state index contributed by atoms with van der Waals surface area (Å²) in [5.74, 6) is 0.126. The van der Waals surface area contributed by atoms with Crippen molar-refractivity contribution >= 4 is 28.9 Å². The number of amides is 1. The van der Waals surface area contributed by atoms with Gasteiger partial charge in [0, 0.05) is 11.4 Å². The first-order valence-electron chi connectivity index (χ1n) is 6.98. The Labute approximate surface area is 130 Å². The molecule has 0 bridgehead atoms. The SMILES string of the molecule is CC[C@@H](C)c1ccccc1NC(=O)c1cc(N)ccc1Cl. The molecule has 0 saturated heterocycles. The van der Waals surface area contributed by atoms with Gasteiger partial charge in [-0.1, -0.05) is 43.6 Å². The fourth-order valence-corrected chi connectivity index (χ4v) is 2.37. The van der Waals surface area contributed by atoms with Crippen LogP contribution in [0.5, 0.6) is 0 Å². The summed E-state index contributed by atoms with van der Waals surface area (Å²) in [6.07, 6.45) is 1.01. The second-order valence-corrected chi connectivity index (χ2v) is 5.50. The fraction of sp³-hybridized carbons (Fsp3) is 0.235. The molecule has 2 aromatic carbocycles. The van der Waals surface area contributed by atoms with Crippen LogP contribution in [0.3, 0.4) is 0 Å². The number of halogens is 1. The molecule has 0 spiro atoms. The Morgan fingerprint density at radius 1 is 1.29 bits per heavy atom. The molecule has 3 N–H and O–H groups in total. The van der Waals surface area contributed by atoms with Crippen LogP contribution in [0, 0.1) is 0 Å². The van der Waals surface area contributed by atoms with Crippen molar-refractivity contribution in [3.8, 4) is 0 Å². The van der Waals surface area contributed by atoms with Gasteiger partial charge >= 0.3 is 0 Å². The van der Waals surface area contributed by atoms with E-state index in [-0.39, 0.29) is 5.91 Å². The normalized spacial score (nSPS) is 12.0. The van der Waals surface area contributed by atoms with Crippen LogP contribution in [0.15, 0.2) is 42.5 Å². The molecular formula is C17H19ClN2O. The molecular weight excluding hydrogens is 284 g/mol. The molecule has 0 heterocycles. The van der Waals surface area contributed by atoms with Gasteiger partial charge in [0.25, 0.3) is 5.91 Å². The van der Waals surface area contributed by atoms with E-state index in [0.29, 0.717) is 22.2 Å². The lowest BCUT2D eigenvalue weighted by molar-refractivity contribution is 0.102. The molecule has 0 aromatic heterocycles. The summed E-state index contributed by atoms with van der Waals surface area (Å²) in [7, 11) is 0. The van der Waals surface area contributed by atoms with Gasteiger partial charge in [-0.3, -0.25) is 4.79 Å². The largest absolute Gasteiger partial charge is 0.399 e. The van der Waals surface area contributed by atoms with Crippen molar-refractivity contribution in [2.24, 2.45) is 0 Å². The van der Waals surface area contributed by atoms with Gasteiger partial charge in [0.15, 0.2) is 0 Å². The molecule has 1 amide bonds. The Balaban J connectivity index is 2.30. The van der Waals surface area contributed by atoms with Gasteiger partial charge in [0.1, 0.15) is 0 Å². The topological polar surface area (TPSA) is 55.1 Å². The number of benzene rings is 2. The van der Waals surface area contributed by atoms with Crippen LogP contribution in [0.2, 0.25) is 5.02 Å². The Morgan fingerprint density at radius 2 is 2.00 bits per heavy atom. The number of para-hydroxylation sites is 1. The highest BCUT2D eigenvalue weighted by Gasteiger charge is 2.14. The van der Waals surface area contributed by atoms with Crippen molar-refractivity contribution in [1.29, 1.82) is 0 Å². The summed E-state index contributed by atoms with van der Waals surface area (Å²) in [6, 6.07) is 12.7. The van der Waals surface area contributed by atoms with Gasteiger partial charge in [-0.15, -0.1) is 0 Å². The summed E-state index contributed by atoms with van der Waals surface area (Å²) >= 11 is 6.07. The average Bonchev–Trinajstić information content (AvgIpc) is 2.49. The third-order valence-electron chi connectivity index (χ3n) is 3.59. The number of anilines is 2. The Hall–Kier alpha value is -2.00. The minimum Gasteiger partial charge on any atom is -0.399 e. The van der Waals surface area contributed by atoms with E-state index in [1.165, 1.54) is 0 Å². The van der Waals surface area contributed by atoms with Crippen LogP contribution >= 0.6 is 11.6 Å². The van der Waals surface area contributed by atoms with E-state index in [1.807, 2.05) is 24.3 Å². The highest BCUT2D eigenvalue weighted by molar-refractivity contribution is 6.34. The highest BCUT2D eigenvalue weighted by Crippen LogP contribution is 2.28. The van der Waals surface area contributed by atoms with Crippen molar-refractivity contribution in [3.63, 3.8) is 0 Å². The molecule has 21 heavy (non-hydrogen) atoms. The number of carbonyl (C=O) groups excluding carboxylic acids is 1. The maximum atomic E-state index is 12.4. The lowest BCUT2D eigenvalue weighted by Crippen LogP contribution is -2.14. The molecule has 3 nitrogen and oxygen atoms in total. The van der Waals surface area contributed by atoms with Gasteiger partial charge in [-0.05, 0) is 42.2 Å². The highest BCUT2D eigenvalue weighted by atomic mass is 35.5. The summed E-state index contributed by atoms with van der Waals surface area (Å²) in [5, 5.41) is 3.32. The van der Waals surface area contributed by atoms with E-state index in [1.54, 1.807) is 18.2 Å². The monoisotopic (exact) mass is 302 g/mol. The quantitative estimate of drug-likeness (QED) is 0.805. The molecule has 2 aromatic rings. The second kappa shape index (κ2) is 6.64. The number of nitrogen functional groups attached to an aromatic ring is 1. The van der Waals surface area contributed by atoms with Crippen LogP contribution in [0.1, 0.15) is 42.1 Å². The van der Waals surface area contributed by atoms with Gasteiger partial charge in [0.2, 0.25) is 0 Å². The lowest BCUT2D eigenvalue weighted by Gasteiger charge is -2.16. The third-order valence-corrected chi connectivity index (χ3v) is 3.92. The number of nitrogens with two attached hydrogens (primary N) is 1. The molecule has 0 unspecified atom stereocenters. The zero-order valence-electron chi connectivity index (χ0n) is 12.2. The molecule has 110 valence electrons. The summed E-state index contributed by atoms with van der Waals surface area (Å²) in [4.78, 5) is 12.4. The van der Waals surface area contributed by atoms with Crippen LogP contribution < -0.4 is 11.1 Å². The van der Waals surface area contributed by atoms with Crippen LogP contribution in [0.25, 0.3) is 0 Å². The molecule has 0 fully saturated rings.